The van der Waals surface area contributed by atoms with Gasteiger partial charge in [-0.25, -0.2) is 0 Å². The maximum absolute atomic E-state index is 12.6. The van der Waals surface area contributed by atoms with Crippen LogP contribution in [0.5, 0.6) is 0 Å². The minimum absolute atomic E-state index is 0.161. The van der Waals surface area contributed by atoms with Gasteiger partial charge in [0, 0.05) is 22.2 Å². The van der Waals surface area contributed by atoms with Gasteiger partial charge in [0.1, 0.15) is 0 Å². The molecular weight excluding hydrogens is 354 g/mol. The molecule has 106 valence electrons. The molecule has 2 nitrogen and oxygen atoms in total. The fourth-order valence-electron chi connectivity index (χ4n) is 2.62. The monoisotopic (exact) mass is 369 g/mol. The zero-order valence-electron chi connectivity index (χ0n) is 11.3. The molecule has 0 N–H and O–H groups in total. The summed E-state index contributed by atoms with van der Waals surface area (Å²) >= 11 is 6.90. The molecule has 2 heterocycles. The van der Waals surface area contributed by atoms with E-state index >= 15 is 0 Å². The predicted octanol–water partition coefficient (Wildman–Crippen LogP) is 4.72. The van der Waals surface area contributed by atoms with Gasteiger partial charge in [0.2, 0.25) is 0 Å². The van der Waals surface area contributed by atoms with E-state index in [2.05, 4.69) is 27.4 Å². The van der Waals surface area contributed by atoms with E-state index in [1.807, 2.05) is 18.0 Å². The van der Waals surface area contributed by atoms with Gasteiger partial charge in [0.15, 0.2) is 0 Å². The highest BCUT2D eigenvalue weighted by atomic mass is 79.9. The molecule has 20 heavy (non-hydrogen) atoms. The van der Waals surface area contributed by atoms with Gasteiger partial charge in [0.25, 0.3) is 5.91 Å². The molecule has 1 aliphatic carbocycles. The normalized spacial score (nSPS) is 14.1. The molecule has 0 aliphatic heterocycles. The SMILES string of the molecule is CN(Cc1ccc(Br)s1)C(=O)c1csc2c1CCCC2. The van der Waals surface area contributed by atoms with E-state index < -0.39 is 0 Å². The summed E-state index contributed by atoms with van der Waals surface area (Å²) in [4.78, 5) is 17.1. The van der Waals surface area contributed by atoms with Gasteiger partial charge in [-0.05, 0) is 59.3 Å². The molecule has 1 aliphatic rings. The summed E-state index contributed by atoms with van der Waals surface area (Å²) in [7, 11) is 1.89. The molecule has 2 aromatic heterocycles. The van der Waals surface area contributed by atoms with Crippen LogP contribution in [0.15, 0.2) is 21.3 Å². The number of halogens is 1. The van der Waals surface area contributed by atoms with E-state index in [4.69, 9.17) is 0 Å². The van der Waals surface area contributed by atoms with Crippen LogP contribution < -0.4 is 0 Å². The number of nitrogens with zero attached hydrogens (tertiary/aromatic N) is 1. The lowest BCUT2D eigenvalue weighted by Crippen LogP contribution is -2.26. The van der Waals surface area contributed by atoms with Crippen LogP contribution in [0.25, 0.3) is 0 Å². The topological polar surface area (TPSA) is 20.3 Å². The van der Waals surface area contributed by atoms with E-state index in [1.54, 1.807) is 22.7 Å². The number of fused-ring (bicyclic) bond motifs is 1. The Hall–Kier alpha value is -0.650. The number of amides is 1. The highest BCUT2D eigenvalue weighted by Gasteiger charge is 2.22. The van der Waals surface area contributed by atoms with Crippen LogP contribution >= 0.6 is 38.6 Å². The minimum Gasteiger partial charge on any atom is -0.337 e. The summed E-state index contributed by atoms with van der Waals surface area (Å²) < 4.78 is 1.11. The lowest BCUT2D eigenvalue weighted by molar-refractivity contribution is 0.0785. The molecular formula is C15H16BrNOS2. The van der Waals surface area contributed by atoms with E-state index in [-0.39, 0.29) is 5.91 Å². The highest BCUT2D eigenvalue weighted by molar-refractivity contribution is 9.11. The fraction of sp³-hybridized carbons (Fsp3) is 0.400. The summed E-state index contributed by atoms with van der Waals surface area (Å²) in [6.45, 7) is 0.680. The Morgan fingerprint density at radius 3 is 2.90 bits per heavy atom. The third-order valence-corrected chi connectivity index (χ3v) is 6.36. The number of thiophene rings is 2. The average molecular weight is 370 g/mol. The Bertz CT molecular complexity index is 632. The van der Waals surface area contributed by atoms with Gasteiger partial charge >= 0.3 is 0 Å². The van der Waals surface area contributed by atoms with E-state index in [0.29, 0.717) is 6.54 Å². The Balaban J connectivity index is 1.76. The van der Waals surface area contributed by atoms with Gasteiger partial charge in [0.05, 0.1) is 15.9 Å². The Morgan fingerprint density at radius 2 is 2.15 bits per heavy atom. The Labute approximate surface area is 135 Å². The number of aryl methyl sites for hydroxylation is 1. The van der Waals surface area contributed by atoms with Crippen LogP contribution in [0, 0.1) is 0 Å². The second kappa shape index (κ2) is 6.00. The van der Waals surface area contributed by atoms with Gasteiger partial charge in [-0.2, -0.15) is 0 Å². The van der Waals surface area contributed by atoms with E-state index in [0.717, 1.165) is 22.2 Å². The van der Waals surface area contributed by atoms with E-state index in [9.17, 15) is 4.79 Å². The molecule has 5 heteroatoms. The maximum Gasteiger partial charge on any atom is 0.255 e. The molecule has 2 aromatic rings. The third-order valence-electron chi connectivity index (χ3n) is 3.66. The second-order valence-corrected chi connectivity index (χ2v) is 8.64. The molecule has 0 saturated carbocycles. The number of carbonyl (C=O) groups excluding carboxylic acids is 1. The lowest BCUT2D eigenvalue weighted by Gasteiger charge is -2.18. The van der Waals surface area contributed by atoms with Crippen LogP contribution in [0.2, 0.25) is 0 Å². The predicted molar refractivity (Wildman–Crippen MR) is 88.8 cm³/mol. The molecule has 0 bridgehead atoms. The van der Waals surface area contributed by atoms with Crippen molar-refractivity contribution >= 4 is 44.5 Å². The van der Waals surface area contributed by atoms with Crippen LogP contribution in [0.1, 0.15) is 38.5 Å². The first-order valence-corrected chi connectivity index (χ1v) is 9.23. The number of hydrogen-bond acceptors (Lipinski definition) is 3. The van der Waals surface area contributed by atoms with Crippen molar-refractivity contribution in [1.82, 2.24) is 4.90 Å². The standard InChI is InChI=1S/C15H16BrNOS2/c1-17(8-10-6-7-14(16)20-10)15(18)12-9-19-13-5-3-2-4-11(12)13/h6-7,9H,2-5,8H2,1H3. The molecule has 0 radical (unpaired) electrons. The quantitative estimate of drug-likeness (QED) is 0.765. The summed E-state index contributed by atoms with van der Waals surface area (Å²) in [6, 6.07) is 4.10. The number of rotatable bonds is 3. The minimum atomic E-state index is 0.161. The summed E-state index contributed by atoms with van der Waals surface area (Å²) in [5.74, 6) is 0.161. The first-order valence-electron chi connectivity index (χ1n) is 6.74. The maximum atomic E-state index is 12.6. The van der Waals surface area contributed by atoms with Crippen molar-refractivity contribution in [2.24, 2.45) is 0 Å². The molecule has 0 fully saturated rings. The van der Waals surface area contributed by atoms with Crippen molar-refractivity contribution in [2.45, 2.75) is 32.2 Å². The molecule has 0 unspecified atom stereocenters. The van der Waals surface area contributed by atoms with Gasteiger partial charge in [-0.1, -0.05) is 0 Å². The Morgan fingerprint density at radius 1 is 1.35 bits per heavy atom. The number of hydrogen-bond donors (Lipinski definition) is 0. The summed E-state index contributed by atoms with van der Waals surface area (Å²) in [5.41, 5.74) is 2.24. The number of carbonyl (C=O) groups is 1. The first kappa shape index (κ1) is 14.3. The third kappa shape index (κ3) is 2.85. The molecule has 0 atom stereocenters. The summed E-state index contributed by atoms with van der Waals surface area (Å²) in [5, 5.41) is 2.05. The van der Waals surface area contributed by atoms with E-state index in [1.165, 1.54) is 28.2 Å². The van der Waals surface area contributed by atoms with Crippen LogP contribution in [-0.4, -0.2) is 17.9 Å². The van der Waals surface area contributed by atoms with Gasteiger partial charge in [-0.3, -0.25) is 4.79 Å². The van der Waals surface area contributed by atoms with Crippen molar-refractivity contribution in [3.05, 3.63) is 42.2 Å². The highest BCUT2D eigenvalue weighted by Crippen LogP contribution is 2.31. The zero-order valence-corrected chi connectivity index (χ0v) is 14.5. The average Bonchev–Trinajstić information content (AvgIpc) is 3.04. The van der Waals surface area contributed by atoms with Crippen molar-refractivity contribution in [3.8, 4) is 0 Å². The van der Waals surface area contributed by atoms with Gasteiger partial charge < -0.3 is 4.90 Å². The van der Waals surface area contributed by atoms with Crippen molar-refractivity contribution in [1.29, 1.82) is 0 Å². The molecule has 0 aromatic carbocycles. The van der Waals surface area contributed by atoms with Crippen LogP contribution in [0.3, 0.4) is 0 Å². The molecule has 1 amide bonds. The van der Waals surface area contributed by atoms with Crippen molar-refractivity contribution < 1.29 is 4.79 Å². The molecule has 0 saturated heterocycles. The second-order valence-electron chi connectivity index (χ2n) is 5.13. The smallest absolute Gasteiger partial charge is 0.255 e. The van der Waals surface area contributed by atoms with Crippen LogP contribution in [-0.2, 0) is 19.4 Å². The first-order chi connectivity index (χ1) is 9.65. The van der Waals surface area contributed by atoms with Crippen LogP contribution in [0.4, 0.5) is 0 Å². The fourth-order valence-corrected chi connectivity index (χ4v) is 5.28. The van der Waals surface area contributed by atoms with Crippen molar-refractivity contribution in [2.75, 3.05) is 7.05 Å². The zero-order chi connectivity index (χ0) is 14.1. The Kier molecular flexibility index (Phi) is 4.29. The summed E-state index contributed by atoms with van der Waals surface area (Å²) in [6.07, 6.45) is 4.69. The molecule has 3 rings (SSSR count). The lowest BCUT2D eigenvalue weighted by atomic mass is 9.95. The van der Waals surface area contributed by atoms with Gasteiger partial charge in [-0.15, -0.1) is 22.7 Å². The van der Waals surface area contributed by atoms with Crippen molar-refractivity contribution in [3.63, 3.8) is 0 Å². The largest absolute Gasteiger partial charge is 0.337 e. The molecule has 0 spiro atoms.